The summed E-state index contributed by atoms with van der Waals surface area (Å²) in [5.74, 6) is -1.78. The number of ether oxygens (including phenoxy) is 1. The second kappa shape index (κ2) is 13.6. The predicted octanol–water partition coefficient (Wildman–Crippen LogP) is 1.71. The highest BCUT2D eigenvalue weighted by Crippen LogP contribution is 2.25. The van der Waals surface area contributed by atoms with Gasteiger partial charge in [-0.05, 0) is 63.5 Å². The lowest BCUT2D eigenvalue weighted by Gasteiger charge is -2.38. The molecule has 0 radical (unpaired) electrons. The van der Waals surface area contributed by atoms with Crippen molar-refractivity contribution in [2.75, 3.05) is 13.2 Å². The molecule has 226 valence electrons. The number of hydrogen-bond acceptors (Lipinski definition) is 9. The van der Waals surface area contributed by atoms with Crippen LogP contribution in [0.1, 0.15) is 66.1 Å². The maximum Gasteiger partial charge on any atom is 0.322 e. The number of carbonyl (C=O) groups excluding carboxylic acids is 2. The summed E-state index contributed by atoms with van der Waals surface area (Å²) in [6.45, 7) is 10.8. The van der Waals surface area contributed by atoms with Crippen molar-refractivity contribution in [3.8, 4) is 5.88 Å². The minimum absolute atomic E-state index is 0.000355. The van der Waals surface area contributed by atoms with Crippen molar-refractivity contribution >= 4 is 28.6 Å². The third-order valence-corrected chi connectivity index (χ3v) is 7.28. The average Bonchev–Trinajstić information content (AvgIpc) is 2.93. The van der Waals surface area contributed by atoms with Crippen molar-refractivity contribution in [3.05, 3.63) is 36.0 Å². The molecule has 6 N–H and O–H groups in total. The van der Waals surface area contributed by atoms with Crippen LogP contribution in [-0.2, 0) is 14.4 Å². The van der Waals surface area contributed by atoms with Crippen LogP contribution in [0.4, 0.5) is 0 Å². The molecule has 0 bridgehead atoms. The van der Waals surface area contributed by atoms with Crippen molar-refractivity contribution in [2.24, 2.45) is 11.3 Å². The molecule has 1 aliphatic heterocycles. The zero-order chi connectivity index (χ0) is 30.5. The number of aliphatic hydroxyl groups is 2. The number of nitrogens with one attached hydrogen (secondary N) is 3. The molecule has 41 heavy (non-hydrogen) atoms. The minimum Gasteiger partial charge on any atom is -0.480 e. The van der Waals surface area contributed by atoms with Crippen molar-refractivity contribution in [3.63, 3.8) is 0 Å². The van der Waals surface area contributed by atoms with Gasteiger partial charge in [-0.2, -0.15) is 0 Å². The SMILES string of the molecule is CC(C)[C@H](NC(=O)C(C)(C)COc1cc2cc([C@@H](C)O)ccc2cn1)C(=O)N[C@@H](C)C(O)N1CCC[C@H](C(=O)O)N1. The number of carbonyl (C=O) groups is 3. The monoisotopic (exact) mass is 573 g/mol. The Bertz CT molecular complexity index is 1240. The van der Waals surface area contributed by atoms with Crippen LogP contribution >= 0.6 is 0 Å². The first-order valence-corrected chi connectivity index (χ1v) is 13.9. The van der Waals surface area contributed by atoms with Gasteiger partial charge in [0.05, 0.1) is 17.6 Å². The van der Waals surface area contributed by atoms with E-state index in [-0.39, 0.29) is 12.5 Å². The first kappa shape index (κ1) is 32.2. The molecule has 1 aromatic heterocycles. The smallest absolute Gasteiger partial charge is 0.322 e. The van der Waals surface area contributed by atoms with E-state index < -0.39 is 53.7 Å². The Labute approximate surface area is 240 Å². The van der Waals surface area contributed by atoms with Gasteiger partial charge < -0.3 is 30.7 Å². The second-order valence-corrected chi connectivity index (χ2v) is 11.7. The molecule has 5 atom stereocenters. The Morgan fingerprint density at radius 3 is 2.46 bits per heavy atom. The number of benzene rings is 1. The third-order valence-electron chi connectivity index (χ3n) is 7.28. The lowest BCUT2D eigenvalue weighted by Crippen LogP contribution is -2.63. The van der Waals surface area contributed by atoms with Gasteiger partial charge in [0.2, 0.25) is 17.7 Å². The maximum absolute atomic E-state index is 13.3. The standard InChI is InChI=1S/C29H43N5O7/c1-16(2)24(25(36)31-17(3)26(37)34-11-7-8-22(33-34)27(38)39)32-28(40)29(5,6)15-41-23-13-21-12-19(18(4)35)9-10-20(21)14-30-23/h9-10,12-14,16-18,22,24,26,33,35,37H,7-8,11,15H2,1-6H3,(H,31,36)(H,32,40)(H,38,39)/t17-,18+,22+,24-,26?/m0/s1. The van der Waals surface area contributed by atoms with E-state index in [1.54, 1.807) is 53.8 Å². The van der Waals surface area contributed by atoms with Crippen LogP contribution in [0.3, 0.4) is 0 Å². The zero-order valence-corrected chi connectivity index (χ0v) is 24.5. The summed E-state index contributed by atoms with van der Waals surface area (Å²) in [7, 11) is 0. The Hall–Kier alpha value is -3.32. The summed E-state index contributed by atoms with van der Waals surface area (Å²) in [6.07, 6.45) is 0.921. The molecule has 3 rings (SSSR count). The molecule has 1 aliphatic rings. The number of nitrogens with zero attached hydrogens (tertiary/aromatic N) is 2. The molecule has 12 heteroatoms. The quantitative estimate of drug-likeness (QED) is 0.219. The largest absolute Gasteiger partial charge is 0.480 e. The normalized spacial score (nSPS) is 19.3. The van der Waals surface area contributed by atoms with Crippen LogP contribution in [0.15, 0.2) is 30.5 Å². The van der Waals surface area contributed by atoms with Gasteiger partial charge in [0.25, 0.3) is 0 Å². The maximum atomic E-state index is 13.3. The molecular formula is C29H43N5O7. The van der Waals surface area contributed by atoms with Gasteiger partial charge in [0.1, 0.15) is 24.9 Å². The number of pyridine rings is 1. The fraction of sp³-hybridized carbons (Fsp3) is 0.586. The zero-order valence-electron chi connectivity index (χ0n) is 24.5. The molecule has 0 spiro atoms. The number of fused-ring (bicyclic) bond motifs is 1. The summed E-state index contributed by atoms with van der Waals surface area (Å²) in [5, 5.41) is 38.6. The van der Waals surface area contributed by atoms with Crippen LogP contribution in [0.25, 0.3) is 10.8 Å². The van der Waals surface area contributed by atoms with E-state index in [1.165, 1.54) is 5.01 Å². The summed E-state index contributed by atoms with van der Waals surface area (Å²) in [5.41, 5.74) is 2.54. The number of aliphatic carboxylic acids is 1. The van der Waals surface area contributed by atoms with Crippen molar-refractivity contribution in [1.29, 1.82) is 0 Å². The number of aliphatic hydroxyl groups excluding tert-OH is 2. The van der Waals surface area contributed by atoms with Crippen LogP contribution in [0.5, 0.6) is 5.88 Å². The van der Waals surface area contributed by atoms with Crippen LogP contribution in [0.2, 0.25) is 0 Å². The third kappa shape index (κ3) is 8.35. The first-order valence-electron chi connectivity index (χ1n) is 13.9. The molecule has 2 aromatic rings. The van der Waals surface area contributed by atoms with E-state index in [1.807, 2.05) is 18.2 Å². The molecule has 1 saturated heterocycles. The average molecular weight is 574 g/mol. The summed E-state index contributed by atoms with van der Waals surface area (Å²) in [6, 6.07) is 4.90. The number of aromatic nitrogens is 1. The Balaban J connectivity index is 1.60. The van der Waals surface area contributed by atoms with Gasteiger partial charge in [0.15, 0.2) is 0 Å². The van der Waals surface area contributed by atoms with Gasteiger partial charge >= 0.3 is 5.97 Å². The van der Waals surface area contributed by atoms with Crippen molar-refractivity contribution < 1.29 is 34.4 Å². The van der Waals surface area contributed by atoms with Crippen LogP contribution in [-0.4, -0.2) is 80.6 Å². The second-order valence-electron chi connectivity index (χ2n) is 11.7. The molecule has 1 unspecified atom stereocenters. The number of hydrogen-bond donors (Lipinski definition) is 6. The van der Waals surface area contributed by atoms with E-state index in [2.05, 4.69) is 21.0 Å². The molecular weight excluding hydrogens is 530 g/mol. The van der Waals surface area contributed by atoms with Gasteiger partial charge in [-0.25, -0.2) is 15.4 Å². The highest BCUT2D eigenvalue weighted by molar-refractivity contribution is 5.90. The fourth-order valence-corrected chi connectivity index (χ4v) is 4.51. The lowest BCUT2D eigenvalue weighted by atomic mass is 9.92. The number of carboxylic acids is 1. The van der Waals surface area contributed by atoms with Crippen molar-refractivity contribution in [2.45, 2.75) is 84.8 Å². The molecule has 0 saturated carbocycles. The Morgan fingerprint density at radius 2 is 1.83 bits per heavy atom. The van der Waals surface area contributed by atoms with Crippen LogP contribution < -0.4 is 20.8 Å². The highest BCUT2D eigenvalue weighted by atomic mass is 16.5. The fourth-order valence-electron chi connectivity index (χ4n) is 4.51. The molecule has 2 amide bonds. The molecule has 1 fully saturated rings. The van der Waals surface area contributed by atoms with E-state index in [4.69, 9.17) is 4.74 Å². The van der Waals surface area contributed by atoms with Gasteiger partial charge in [-0.1, -0.05) is 26.0 Å². The van der Waals surface area contributed by atoms with E-state index in [0.29, 0.717) is 25.3 Å². The van der Waals surface area contributed by atoms with Crippen LogP contribution in [0, 0.1) is 11.3 Å². The summed E-state index contributed by atoms with van der Waals surface area (Å²) >= 11 is 0. The summed E-state index contributed by atoms with van der Waals surface area (Å²) in [4.78, 5) is 42.1. The minimum atomic E-state index is -1.17. The molecule has 12 nitrogen and oxygen atoms in total. The number of amides is 2. The predicted molar refractivity (Wildman–Crippen MR) is 153 cm³/mol. The molecule has 1 aromatic carbocycles. The lowest BCUT2D eigenvalue weighted by molar-refractivity contribution is -0.148. The van der Waals surface area contributed by atoms with E-state index >= 15 is 0 Å². The molecule has 2 heterocycles. The van der Waals surface area contributed by atoms with E-state index in [9.17, 15) is 29.7 Å². The molecule has 0 aliphatic carbocycles. The Kier molecular flexibility index (Phi) is 10.6. The number of carboxylic acid groups (broad SMARTS) is 1. The highest BCUT2D eigenvalue weighted by Gasteiger charge is 2.36. The first-order chi connectivity index (χ1) is 19.2. The Morgan fingerprint density at radius 1 is 1.12 bits per heavy atom. The van der Waals surface area contributed by atoms with Crippen molar-refractivity contribution in [1.82, 2.24) is 26.1 Å². The van der Waals surface area contributed by atoms with Gasteiger partial charge in [-0.15, -0.1) is 0 Å². The number of hydrazine groups is 1. The topological polar surface area (TPSA) is 173 Å². The number of rotatable bonds is 12. The summed E-state index contributed by atoms with van der Waals surface area (Å²) < 4.78 is 5.87. The van der Waals surface area contributed by atoms with Gasteiger partial charge in [-0.3, -0.25) is 14.4 Å². The van der Waals surface area contributed by atoms with Gasteiger partial charge in [0, 0.05) is 24.2 Å². The van der Waals surface area contributed by atoms with E-state index in [0.717, 1.165) is 16.3 Å².